The molecule has 0 amide bonds. The van der Waals surface area contributed by atoms with Crippen LogP contribution in [0, 0.1) is 5.82 Å². The normalized spacial score (nSPS) is 21.6. The number of likely N-dealkylation sites (N-methyl/N-ethyl adjacent to an activating group) is 1. The van der Waals surface area contributed by atoms with Crippen molar-refractivity contribution < 1.29 is 9.13 Å². The molecule has 1 aromatic carbocycles. The Morgan fingerprint density at radius 2 is 2.32 bits per heavy atom. The minimum absolute atomic E-state index is 0.0138. The molecule has 2 atom stereocenters. The lowest BCUT2D eigenvalue weighted by molar-refractivity contribution is 0.293. The van der Waals surface area contributed by atoms with Crippen LogP contribution in [0.15, 0.2) is 18.2 Å². The van der Waals surface area contributed by atoms with Crippen LogP contribution in [-0.4, -0.2) is 38.2 Å². The largest absolute Gasteiger partial charge is 0.497 e. The van der Waals surface area contributed by atoms with Crippen molar-refractivity contribution in [1.82, 2.24) is 10.2 Å². The van der Waals surface area contributed by atoms with Gasteiger partial charge in [-0.1, -0.05) is 6.07 Å². The average Bonchev–Trinajstić information content (AvgIpc) is 2.81. The molecule has 1 saturated heterocycles. The van der Waals surface area contributed by atoms with Gasteiger partial charge >= 0.3 is 0 Å². The van der Waals surface area contributed by atoms with E-state index in [0.29, 0.717) is 17.4 Å². The van der Waals surface area contributed by atoms with Crippen molar-refractivity contribution in [2.75, 3.05) is 27.2 Å². The van der Waals surface area contributed by atoms with Gasteiger partial charge in [0.25, 0.3) is 0 Å². The van der Waals surface area contributed by atoms with Crippen LogP contribution in [0.25, 0.3) is 0 Å². The standard InChI is InChI=1S/C15H23FN2O/c1-11(17-10-12-5-4-8-18(12)2)14-7-6-13(19-3)9-15(14)16/h6-7,9,11-12,17H,4-5,8,10H2,1-3H3. The lowest BCUT2D eigenvalue weighted by atomic mass is 10.1. The summed E-state index contributed by atoms with van der Waals surface area (Å²) < 4.78 is 19.0. The van der Waals surface area contributed by atoms with Crippen molar-refractivity contribution >= 4 is 0 Å². The third-order valence-electron chi connectivity index (χ3n) is 4.01. The van der Waals surface area contributed by atoms with E-state index >= 15 is 0 Å². The van der Waals surface area contributed by atoms with Gasteiger partial charge in [0, 0.05) is 30.3 Å². The number of benzene rings is 1. The summed E-state index contributed by atoms with van der Waals surface area (Å²) in [7, 11) is 3.70. The van der Waals surface area contributed by atoms with Gasteiger partial charge in [0.2, 0.25) is 0 Å². The zero-order valence-electron chi connectivity index (χ0n) is 11.9. The first-order chi connectivity index (χ1) is 9.11. The highest BCUT2D eigenvalue weighted by molar-refractivity contribution is 5.30. The predicted octanol–water partition coefficient (Wildman–Crippen LogP) is 2.58. The van der Waals surface area contributed by atoms with E-state index in [0.717, 1.165) is 13.1 Å². The lowest BCUT2D eigenvalue weighted by Crippen LogP contribution is -2.36. The van der Waals surface area contributed by atoms with E-state index in [1.54, 1.807) is 19.2 Å². The molecule has 0 radical (unpaired) electrons. The molecule has 106 valence electrons. The molecule has 1 aromatic rings. The second kappa shape index (κ2) is 6.35. The summed E-state index contributed by atoms with van der Waals surface area (Å²) in [4.78, 5) is 2.37. The molecule has 1 aliphatic heterocycles. The molecular weight excluding hydrogens is 243 g/mol. The smallest absolute Gasteiger partial charge is 0.131 e. The molecular formula is C15H23FN2O. The third kappa shape index (κ3) is 3.45. The predicted molar refractivity (Wildman–Crippen MR) is 75.0 cm³/mol. The summed E-state index contributed by atoms with van der Waals surface area (Å²) in [5.41, 5.74) is 0.696. The van der Waals surface area contributed by atoms with Gasteiger partial charge in [0.1, 0.15) is 11.6 Å². The number of likely N-dealkylation sites (tertiary alicyclic amines) is 1. The van der Waals surface area contributed by atoms with Crippen molar-refractivity contribution in [1.29, 1.82) is 0 Å². The first kappa shape index (κ1) is 14.3. The zero-order valence-corrected chi connectivity index (χ0v) is 11.9. The van der Waals surface area contributed by atoms with Gasteiger partial charge in [-0.05, 0) is 39.4 Å². The highest BCUT2D eigenvalue weighted by atomic mass is 19.1. The number of hydrogen-bond acceptors (Lipinski definition) is 3. The third-order valence-corrected chi connectivity index (χ3v) is 4.01. The SMILES string of the molecule is COc1ccc(C(C)NCC2CCCN2C)c(F)c1. The first-order valence-electron chi connectivity index (χ1n) is 6.89. The number of rotatable bonds is 5. The van der Waals surface area contributed by atoms with Crippen LogP contribution in [0.4, 0.5) is 4.39 Å². The van der Waals surface area contributed by atoms with Crippen LogP contribution in [0.1, 0.15) is 31.4 Å². The Labute approximate surface area is 114 Å². The number of nitrogens with zero attached hydrogens (tertiary/aromatic N) is 1. The highest BCUT2D eigenvalue weighted by Gasteiger charge is 2.21. The van der Waals surface area contributed by atoms with E-state index < -0.39 is 0 Å². The zero-order chi connectivity index (χ0) is 13.8. The molecule has 2 unspecified atom stereocenters. The number of halogens is 1. The van der Waals surface area contributed by atoms with Gasteiger partial charge in [-0.3, -0.25) is 0 Å². The van der Waals surface area contributed by atoms with Crippen LogP contribution >= 0.6 is 0 Å². The van der Waals surface area contributed by atoms with E-state index in [2.05, 4.69) is 17.3 Å². The molecule has 0 spiro atoms. The number of hydrogen-bond donors (Lipinski definition) is 1. The quantitative estimate of drug-likeness (QED) is 0.886. The summed E-state index contributed by atoms with van der Waals surface area (Å²) in [5.74, 6) is 0.350. The maximum absolute atomic E-state index is 13.9. The van der Waals surface area contributed by atoms with Gasteiger partial charge in [-0.15, -0.1) is 0 Å². The van der Waals surface area contributed by atoms with Crippen molar-refractivity contribution in [2.24, 2.45) is 0 Å². The van der Waals surface area contributed by atoms with Crippen LogP contribution in [0.2, 0.25) is 0 Å². The summed E-state index contributed by atoms with van der Waals surface area (Å²) in [6, 6.07) is 5.63. The highest BCUT2D eigenvalue weighted by Crippen LogP contribution is 2.22. The molecule has 0 bridgehead atoms. The molecule has 0 aromatic heterocycles. The Morgan fingerprint density at radius 3 is 2.89 bits per heavy atom. The number of methoxy groups -OCH3 is 1. The molecule has 0 saturated carbocycles. The Bertz CT molecular complexity index is 425. The van der Waals surface area contributed by atoms with Crippen molar-refractivity contribution in [3.8, 4) is 5.75 Å². The topological polar surface area (TPSA) is 24.5 Å². The maximum atomic E-state index is 13.9. The minimum atomic E-state index is -0.209. The van der Waals surface area contributed by atoms with Crippen LogP contribution in [0.5, 0.6) is 5.75 Å². The van der Waals surface area contributed by atoms with Crippen LogP contribution in [-0.2, 0) is 0 Å². The van der Waals surface area contributed by atoms with Crippen molar-refractivity contribution in [3.05, 3.63) is 29.6 Å². The second-order valence-electron chi connectivity index (χ2n) is 5.29. The minimum Gasteiger partial charge on any atom is -0.497 e. The maximum Gasteiger partial charge on any atom is 0.131 e. The number of ether oxygens (including phenoxy) is 1. The van der Waals surface area contributed by atoms with E-state index in [1.165, 1.54) is 18.9 Å². The fourth-order valence-electron chi connectivity index (χ4n) is 2.65. The lowest BCUT2D eigenvalue weighted by Gasteiger charge is -2.23. The van der Waals surface area contributed by atoms with Gasteiger partial charge < -0.3 is 15.0 Å². The second-order valence-corrected chi connectivity index (χ2v) is 5.29. The Kier molecular flexibility index (Phi) is 4.77. The molecule has 3 nitrogen and oxygen atoms in total. The Balaban J connectivity index is 1.94. The van der Waals surface area contributed by atoms with Crippen molar-refractivity contribution in [3.63, 3.8) is 0 Å². The van der Waals surface area contributed by atoms with Crippen molar-refractivity contribution in [2.45, 2.75) is 31.8 Å². The van der Waals surface area contributed by atoms with Crippen LogP contribution in [0.3, 0.4) is 0 Å². The molecule has 1 fully saturated rings. The van der Waals surface area contributed by atoms with Gasteiger partial charge in [-0.25, -0.2) is 4.39 Å². The summed E-state index contributed by atoms with van der Waals surface area (Å²) >= 11 is 0. The Morgan fingerprint density at radius 1 is 1.53 bits per heavy atom. The molecule has 1 N–H and O–H groups in total. The van der Waals surface area contributed by atoms with Gasteiger partial charge in [-0.2, -0.15) is 0 Å². The van der Waals surface area contributed by atoms with Gasteiger partial charge in [0.15, 0.2) is 0 Å². The fraction of sp³-hybridized carbons (Fsp3) is 0.600. The molecule has 1 aliphatic rings. The van der Waals surface area contributed by atoms with E-state index in [9.17, 15) is 4.39 Å². The summed E-state index contributed by atoms with van der Waals surface area (Å²) in [6.07, 6.45) is 2.48. The van der Waals surface area contributed by atoms with Crippen LogP contribution < -0.4 is 10.1 Å². The van der Waals surface area contributed by atoms with E-state index in [4.69, 9.17) is 4.74 Å². The summed E-state index contributed by atoms with van der Waals surface area (Å²) in [6.45, 7) is 4.07. The number of nitrogens with one attached hydrogen (secondary N) is 1. The molecule has 1 heterocycles. The molecule has 0 aliphatic carbocycles. The average molecular weight is 266 g/mol. The first-order valence-corrected chi connectivity index (χ1v) is 6.89. The molecule has 4 heteroatoms. The monoisotopic (exact) mass is 266 g/mol. The molecule has 19 heavy (non-hydrogen) atoms. The van der Waals surface area contributed by atoms with E-state index in [-0.39, 0.29) is 11.9 Å². The fourth-order valence-corrected chi connectivity index (χ4v) is 2.65. The Hall–Kier alpha value is -1.13. The summed E-state index contributed by atoms with van der Waals surface area (Å²) in [5, 5.41) is 3.43. The molecule has 2 rings (SSSR count). The van der Waals surface area contributed by atoms with E-state index in [1.807, 2.05) is 6.92 Å². The van der Waals surface area contributed by atoms with Gasteiger partial charge in [0.05, 0.1) is 7.11 Å².